The summed E-state index contributed by atoms with van der Waals surface area (Å²) in [5, 5.41) is 1.16. The van der Waals surface area contributed by atoms with Gasteiger partial charge in [-0.3, -0.25) is 9.59 Å². The number of para-hydroxylation sites is 1. The number of halogens is 1. The highest BCUT2D eigenvalue weighted by atomic mass is 19.1. The predicted octanol–water partition coefficient (Wildman–Crippen LogP) is 4.71. The molecule has 0 bridgehead atoms. The first-order chi connectivity index (χ1) is 21.1. The maximum Gasteiger partial charge on any atom is 0.254 e. The summed E-state index contributed by atoms with van der Waals surface area (Å²) >= 11 is 0. The van der Waals surface area contributed by atoms with E-state index in [0.717, 1.165) is 41.8 Å². The quantitative estimate of drug-likeness (QED) is 0.332. The zero-order valence-corrected chi connectivity index (χ0v) is 25.9. The van der Waals surface area contributed by atoms with Gasteiger partial charge >= 0.3 is 0 Å². The lowest BCUT2D eigenvalue weighted by molar-refractivity contribution is -0.136. The summed E-state index contributed by atoms with van der Waals surface area (Å²) < 4.78 is 24.5. The van der Waals surface area contributed by atoms with Crippen LogP contribution in [0.15, 0.2) is 36.4 Å². The summed E-state index contributed by atoms with van der Waals surface area (Å²) in [4.78, 5) is 34.4. The molecule has 2 saturated carbocycles. The summed E-state index contributed by atoms with van der Waals surface area (Å²) in [5.74, 6) is 2.33. The number of fused-ring (bicyclic) bond motifs is 2. The van der Waals surface area contributed by atoms with Gasteiger partial charge < -0.3 is 29.4 Å². The Bertz CT molecular complexity index is 1760. The first-order valence-corrected chi connectivity index (χ1v) is 15.7. The van der Waals surface area contributed by atoms with Crippen LogP contribution in [-0.4, -0.2) is 82.2 Å². The molecule has 3 fully saturated rings. The number of ether oxygens (including phenoxy) is 1. The Balaban J connectivity index is 1.30. The SMILES string of the molecule is COc1cc(C(=O)N2C[C@H](N)C[C@@H](F)C2)cc2nc(-c3cc4cccc(C5CC(C(=O)N(C)C)C5)c4n3CC3CC3)n(C)c12. The third-order valence-electron chi connectivity index (χ3n) is 9.81. The van der Waals surface area contributed by atoms with E-state index >= 15 is 0 Å². The lowest BCUT2D eigenvalue weighted by Crippen LogP contribution is -2.50. The van der Waals surface area contributed by atoms with Gasteiger partial charge in [0.25, 0.3) is 5.91 Å². The van der Waals surface area contributed by atoms with Gasteiger partial charge in [-0.15, -0.1) is 0 Å². The lowest BCUT2D eigenvalue weighted by atomic mass is 9.70. The van der Waals surface area contributed by atoms with Gasteiger partial charge in [-0.2, -0.15) is 0 Å². The molecule has 2 aromatic carbocycles. The van der Waals surface area contributed by atoms with Crippen LogP contribution in [0.25, 0.3) is 33.5 Å². The number of carbonyl (C=O) groups excluding carboxylic acids is 2. The number of alkyl halides is 1. The van der Waals surface area contributed by atoms with E-state index in [1.165, 1.54) is 28.8 Å². The predicted molar refractivity (Wildman–Crippen MR) is 168 cm³/mol. The second kappa shape index (κ2) is 10.9. The minimum Gasteiger partial charge on any atom is -0.494 e. The molecule has 2 aromatic heterocycles. The number of aromatic nitrogens is 3. The average Bonchev–Trinajstić information content (AvgIpc) is 3.63. The summed E-state index contributed by atoms with van der Waals surface area (Å²) in [6.45, 7) is 1.27. The highest BCUT2D eigenvalue weighted by Crippen LogP contribution is 2.46. The van der Waals surface area contributed by atoms with E-state index in [-0.39, 0.29) is 36.7 Å². The van der Waals surface area contributed by atoms with Gasteiger partial charge in [0, 0.05) is 57.1 Å². The van der Waals surface area contributed by atoms with E-state index in [1.54, 1.807) is 24.1 Å². The van der Waals surface area contributed by atoms with Crippen LogP contribution in [0, 0.1) is 11.8 Å². The molecule has 7 rings (SSSR count). The van der Waals surface area contributed by atoms with Crippen LogP contribution in [0.5, 0.6) is 5.75 Å². The van der Waals surface area contributed by atoms with E-state index in [0.29, 0.717) is 35.2 Å². The molecule has 44 heavy (non-hydrogen) atoms. The Hall–Kier alpha value is -3.92. The minimum atomic E-state index is -1.13. The monoisotopic (exact) mass is 600 g/mol. The summed E-state index contributed by atoms with van der Waals surface area (Å²) in [7, 11) is 7.23. The van der Waals surface area contributed by atoms with E-state index in [9.17, 15) is 14.0 Å². The standard InChI is InChI=1S/C34H41FN6O3/c1-38(2)33(42)22-10-21(11-22)26-7-5-6-20-13-28(41(30(20)26)16-19-8-9-19)32-37-27-12-23(14-29(44-4)31(27)39(32)3)34(43)40-17-24(35)15-25(36)18-40/h5-7,12-14,19,21-22,24-25H,8-11,15-18,36H2,1-4H3/t21?,22?,24-,25-/m1/s1. The van der Waals surface area contributed by atoms with E-state index in [2.05, 4.69) is 28.8 Å². The number of aryl methyl sites for hydroxylation is 1. The van der Waals surface area contributed by atoms with Crippen LogP contribution in [0.2, 0.25) is 0 Å². The van der Waals surface area contributed by atoms with E-state index in [1.807, 2.05) is 25.7 Å². The van der Waals surface area contributed by atoms with Crippen molar-refractivity contribution in [3.63, 3.8) is 0 Å². The molecule has 3 aliphatic rings. The highest BCUT2D eigenvalue weighted by Gasteiger charge is 2.38. The Kier molecular flexibility index (Phi) is 7.15. The maximum atomic E-state index is 14.3. The van der Waals surface area contributed by atoms with Crippen molar-refractivity contribution in [3.8, 4) is 17.3 Å². The van der Waals surface area contributed by atoms with E-state index in [4.69, 9.17) is 15.5 Å². The molecule has 232 valence electrons. The molecule has 0 radical (unpaired) electrons. The van der Waals surface area contributed by atoms with Gasteiger partial charge in [0.1, 0.15) is 17.4 Å². The van der Waals surface area contributed by atoms with Gasteiger partial charge in [-0.1, -0.05) is 18.2 Å². The zero-order valence-electron chi connectivity index (χ0n) is 25.9. The number of rotatable bonds is 7. The third kappa shape index (κ3) is 4.93. The fourth-order valence-corrected chi connectivity index (χ4v) is 7.30. The number of benzene rings is 2. The van der Waals surface area contributed by atoms with Gasteiger partial charge in [-0.25, -0.2) is 9.37 Å². The highest BCUT2D eigenvalue weighted by molar-refractivity contribution is 6.00. The van der Waals surface area contributed by atoms with Crippen molar-refractivity contribution in [2.24, 2.45) is 24.6 Å². The van der Waals surface area contributed by atoms with Crippen molar-refractivity contribution in [1.82, 2.24) is 23.9 Å². The number of likely N-dealkylation sites (tertiary alicyclic amines) is 1. The minimum absolute atomic E-state index is 0.0367. The molecule has 0 spiro atoms. The van der Waals surface area contributed by atoms with Gasteiger partial charge in [0.05, 0.1) is 30.4 Å². The molecule has 4 aromatic rings. The largest absolute Gasteiger partial charge is 0.494 e. The normalized spacial score (nSPS) is 23.6. The summed E-state index contributed by atoms with van der Waals surface area (Å²) in [5.41, 5.74) is 11.4. The van der Waals surface area contributed by atoms with Gasteiger partial charge in [0.2, 0.25) is 5.91 Å². The summed E-state index contributed by atoms with van der Waals surface area (Å²) in [6.07, 6.45) is 3.29. The number of piperidine rings is 1. The van der Waals surface area contributed by atoms with Crippen LogP contribution < -0.4 is 10.5 Å². The fraction of sp³-hybridized carbons (Fsp3) is 0.500. The first kappa shape index (κ1) is 28.8. The molecule has 3 heterocycles. The van der Waals surface area contributed by atoms with Crippen molar-refractivity contribution in [1.29, 1.82) is 0 Å². The number of methoxy groups -OCH3 is 1. The number of nitrogens with two attached hydrogens (primary N) is 1. The van der Waals surface area contributed by atoms with E-state index < -0.39 is 6.17 Å². The van der Waals surface area contributed by atoms with Crippen LogP contribution in [0.3, 0.4) is 0 Å². The van der Waals surface area contributed by atoms with Gasteiger partial charge in [0.15, 0.2) is 5.82 Å². The van der Waals surface area contributed by atoms with Crippen molar-refractivity contribution in [3.05, 3.63) is 47.5 Å². The number of hydrogen-bond acceptors (Lipinski definition) is 5. The van der Waals surface area contributed by atoms with Crippen LogP contribution in [0.4, 0.5) is 4.39 Å². The zero-order chi connectivity index (χ0) is 30.9. The molecule has 2 N–H and O–H groups in total. The molecule has 0 unspecified atom stereocenters. The number of amides is 2. The second-order valence-electron chi connectivity index (χ2n) is 13.3. The smallest absolute Gasteiger partial charge is 0.254 e. The third-order valence-corrected chi connectivity index (χ3v) is 9.81. The second-order valence-corrected chi connectivity index (χ2v) is 13.3. The molecular weight excluding hydrogens is 559 g/mol. The fourth-order valence-electron chi connectivity index (χ4n) is 7.30. The van der Waals surface area contributed by atoms with Gasteiger partial charge in [-0.05, 0) is 67.7 Å². The van der Waals surface area contributed by atoms with Crippen molar-refractivity contribution < 1.29 is 18.7 Å². The molecular formula is C34H41FN6O3. The van der Waals surface area contributed by atoms with Crippen LogP contribution >= 0.6 is 0 Å². The number of hydrogen-bond donors (Lipinski definition) is 1. The Morgan fingerprint density at radius 3 is 2.55 bits per heavy atom. The topological polar surface area (TPSA) is 98.6 Å². The Morgan fingerprint density at radius 2 is 1.86 bits per heavy atom. The molecule has 2 atom stereocenters. The summed E-state index contributed by atoms with van der Waals surface area (Å²) in [6, 6.07) is 11.9. The maximum absolute atomic E-state index is 14.3. The van der Waals surface area contributed by atoms with Crippen LogP contribution in [0.1, 0.15) is 53.9 Å². The Labute approximate surface area is 256 Å². The number of nitrogens with zero attached hydrogens (tertiary/aromatic N) is 5. The van der Waals surface area contributed by atoms with Crippen molar-refractivity contribution in [2.45, 2.75) is 56.8 Å². The van der Waals surface area contributed by atoms with Crippen molar-refractivity contribution >= 4 is 33.8 Å². The van der Waals surface area contributed by atoms with Crippen molar-refractivity contribution in [2.75, 3.05) is 34.3 Å². The molecule has 1 saturated heterocycles. The lowest BCUT2D eigenvalue weighted by Gasteiger charge is -2.36. The Morgan fingerprint density at radius 1 is 1.09 bits per heavy atom. The van der Waals surface area contributed by atoms with Crippen LogP contribution in [-0.2, 0) is 18.4 Å². The number of imidazole rings is 1. The molecule has 2 amide bonds. The number of carbonyl (C=O) groups is 2. The molecule has 9 nitrogen and oxygen atoms in total. The molecule has 1 aliphatic heterocycles. The molecule has 2 aliphatic carbocycles. The average molecular weight is 601 g/mol. The first-order valence-electron chi connectivity index (χ1n) is 15.7. The molecule has 10 heteroatoms.